The zero-order valence-corrected chi connectivity index (χ0v) is 14.0. The van der Waals surface area contributed by atoms with E-state index in [1.54, 1.807) is 35.2 Å². The predicted octanol–water partition coefficient (Wildman–Crippen LogP) is 4.01. The fourth-order valence-electron chi connectivity index (χ4n) is 3.07. The van der Waals surface area contributed by atoms with Gasteiger partial charge in [-0.2, -0.15) is 0 Å². The molecule has 27 heavy (non-hydrogen) atoms. The van der Waals surface area contributed by atoms with E-state index in [1.165, 1.54) is 6.26 Å². The highest BCUT2D eigenvalue weighted by atomic mass is 19.1. The largest absolute Gasteiger partial charge is 0.459 e. The molecule has 0 radical (unpaired) electrons. The summed E-state index contributed by atoms with van der Waals surface area (Å²) in [6, 6.07) is 11.1. The molecule has 0 bridgehead atoms. The molecule has 1 N–H and O–H groups in total. The summed E-state index contributed by atoms with van der Waals surface area (Å²) < 4.78 is 32.0. The number of hydrogen-bond donors (Lipinski definition) is 1. The van der Waals surface area contributed by atoms with Crippen molar-refractivity contribution in [1.29, 1.82) is 0 Å². The van der Waals surface area contributed by atoms with Crippen molar-refractivity contribution < 1.29 is 22.8 Å². The number of carbonyl (C=O) groups is 2. The molecule has 1 aromatic heterocycles. The number of nitrogens with one attached hydrogen (secondary N) is 1. The molecule has 136 valence electrons. The summed E-state index contributed by atoms with van der Waals surface area (Å²) in [6.45, 7) is 0.499. The predicted molar refractivity (Wildman–Crippen MR) is 94.8 cm³/mol. The molecule has 2 heterocycles. The van der Waals surface area contributed by atoms with Gasteiger partial charge in [-0.3, -0.25) is 9.59 Å². The number of benzene rings is 2. The Bertz CT molecular complexity index is 1030. The molecule has 2 amide bonds. The molecule has 4 rings (SSSR count). The number of amides is 2. The minimum atomic E-state index is -0.941. The van der Waals surface area contributed by atoms with Crippen molar-refractivity contribution in [3.63, 3.8) is 0 Å². The lowest BCUT2D eigenvalue weighted by molar-refractivity contribution is 0.0962. The minimum Gasteiger partial charge on any atom is -0.459 e. The lowest BCUT2D eigenvalue weighted by Crippen LogP contribution is -2.28. The van der Waals surface area contributed by atoms with Crippen LogP contribution in [0.25, 0.3) is 0 Å². The third-order valence-electron chi connectivity index (χ3n) is 4.39. The van der Waals surface area contributed by atoms with Gasteiger partial charge in [-0.05, 0) is 48.4 Å². The van der Waals surface area contributed by atoms with E-state index in [4.69, 9.17) is 4.42 Å². The number of hydrogen-bond acceptors (Lipinski definition) is 3. The van der Waals surface area contributed by atoms with Crippen LogP contribution in [0.1, 0.15) is 26.5 Å². The fraction of sp³-hybridized carbons (Fsp3) is 0.100. The highest BCUT2D eigenvalue weighted by molar-refractivity contribution is 6.07. The molecule has 0 aliphatic carbocycles. The Morgan fingerprint density at radius 2 is 1.93 bits per heavy atom. The second kappa shape index (κ2) is 6.68. The Morgan fingerprint density at radius 3 is 2.67 bits per heavy atom. The molecule has 0 unspecified atom stereocenters. The average Bonchev–Trinajstić information content (AvgIpc) is 3.31. The van der Waals surface area contributed by atoms with Crippen LogP contribution in [-0.2, 0) is 6.42 Å². The molecule has 2 aromatic carbocycles. The maximum absolute atomic E-state index is 13.8. The van der Waals surface area contributed by atoms with E-state index < -0.39 is 17.5 Å². The zero-order valence-electron chi connectivity index (χ0n) is 14.0. The second-order valence-electron chi connectivity index (χ2n) is 6.11. The molecule has 1 aliphatic heterocycles. The van der Waals surface area contributed by atoms with Crippen LogP contribution >= 0.6 is 0 Å². The van der Waals surface area contributed by atoms with E-state index in [2.05, 4.69) is 5.32 Å². The van der Waals surface area contributed by atoms with Gasteiger partial charge in [-0.25, -0.2) is 8.78 Å². The molecular formula is C20H14F2N2O3. The van der Waals surface area contributed by atoms with Crippen molar-refractivity contribution in [1.82, 2.24) is 0 Å². The van der Waals surface area contributed by atoms with Crippen LogP contribution < -0.4 is 10.2 Å². The summed E-state index contributed by atoms with van der Waals surface area (Å²) in [7, 11) is 0. The minimum absolute atomic E-state index is 0.227. The summed E-state index contributed by atoms with van der Waals surface area (Å²) in [6.07, 6.45) is 2.11. The average molecular weight is 368 g/mol. The van der Waals surface area contributed by atoms with Crippen molar-refractivity contribution in [3.8, 4) is 0 Å². The summed E-state index contributed by atoms with van der Waals surface area (Å²) in [4.78, 5) is 26.4. The summed E-state index contributed by atoms with van der Waals surface area (Å²) in [5, 5.41) is 2.58. The Morgan fingerprint density at radius 1 is 1.07 bits per heavy atom. The van der Waals surface area contributed by atoms with Gasteiger partial charge in [0.25, 0.3) is 11.8 Å². The van der Waals surface area contributed by atoms with Crippen LogP contribution in [0.3, 0.4) is 0 Å². The first-order valence-corrected chi connectivity index (χ1v) is 8.27. The van der Waals surface area contributed by atoms with Crippen LogP contribution in [0.15, 0.2) is 59.2 Å². The smallest absolute Gasteiger partial charge is 0.293 e. The number of fused-ring (bicyclic) bond motifs is 1. The van der Waals surface area contributed by atoms with Crippen molar-refractivity contribution >= 4 is 23.2 Å². The van der Waals surface area contributed by atoms with E-state index in [0.29, 0.717) is 30.4 Å². The number of halogens is 2. The third-order valence-corrected chi connectivity index (χ3v) is 4.39. The molecule has 3 aromatic rings. The summed E-state index contributed by atoms with van der Waals surface area (Å²) in [5.74, 6) is -2.44. The van der Waals surface area contributed by atoms with Crippen molar-refractivity contribution in [2.75, 3.05) is 16.8 Å². The third kappa shape index (κ3) is 3.19. The Kier molecular flexibility index (Phi) is 4.19. The van der Waals surface area contributed by atoms with Crippen molar-refractivity contribution in [2.45, 2.75) is 6.42 Å². The van der Waals surface area contributed by atoms with Gasteiger partial charge in [0.05, 0.1) is 11.8 Å². The van der Waals surface area contributed by atoms with Crippen LogP contribution in [0.2, 0.25) is 0 Å². The highest BCUT2D eigenvalue weighted by Gasteiger charge is 2.27. The molecule has 0 spiro atoms. The zero-order chi connectivity index (χ0) is 19.0. The van der Waals surface area contributed by atoms with Gasteiger partial charge in [0.2, 0.25) is 0 Å². The van der Waals surface area contributed by atoms with Crippen molar-refractivity contribution in [2.24, 2.45) is 0 Å². The topological polar surface area (TPSA) is 62.6 Å². The first-order chi connectivity index (χ1) is 13.0. The van der Waals surface area contributed by atoms with Gasteiger partial charge < -0.3 is 14.6 Å². The Hall–Kier alpha value is -3.48. The molecule has 0 saturated carbocycles. The van der Waals surface area contributed by atoms with Gasteiger partial charge in [0.15, 0.2) is 5.76 Å². The number of furan rings is 1. The van der Waals surface area contributed by atoms with Gasteiger partial charge >= 0.3 is 0 Å². The molecule has 0 fully saturated rings. The van der Waals surface area contributed by atoms with Gasteiger partial charge in [0.1, 0.15) is 11.6 Å². The maximum atomic E-state index is 13.8. The second-order valence-corrected chi connectivity index (χ2v) is 6.11. The van der Waals surface area contributed by atoms with E-state index in [0.717, 1.165) is 17.7 Å². The molecular weight excluding hydrogens is 354 g/mol. The lowest BCUT2D eigenvalue weighted by Gasteiger charge is -2.17. The van der Waals surface area contributed by atoms with Crippen LogP contribution in [0, 0.1) is 11.6 Å². The Labute approximate surface area is 153 Å². The number of anilines is 2. The number of rotatable bonds is 3. The first kappa shape index (κ1) is 17.0. The highest BCUT2D eigenvalue weighted by Crippen LogP contribution is 2.32. The summed E-state index contributed by atoms with van der Waals surface area (Å²) >= 11 is 0. The fourth-order valence-corrected chi connectivity index (χ4v) is 3.07. The van der Waals surface area contributed by atoms with Crippen LogP contribution in [-0.4, -0.2) is 18.4 Å². The molecule has 7 heteroatoms. The number of carbonyl (C=O) groups excluding carboxylic acids is 2. The number of nitrogens with zero attached hydrogens (tertiary/aromatic N) is 1. The normalized spacial score (nSPS) is 12.7. The molecule has 0 saturated heterocycles. The lowest BCUT2D eigenvalue weighted by atomic mass is 10.1. The molecule has 5 nitrogen and oxygen atoms in total. The van der Waals surface area contributed by atoms with Gasteiger partial charge in [0, 0.05) is 24.0 Å². The first-order valence-electron chi connectivity index (χ1n) is 8.27. The van der Waals surface area contributed by atoms with Gasteiger partial charge in [-0.1, -0.05) is 6.07 Å². The quantitative estimate of drug-likeness (QED) is 0.760. The van der Waals surface area contributed by atoms with E-state index in [9.17, 15) is 18.4 Å². The SMILES string of the molecule is O=C(Nc1ccc2c(c1)N(C(=O)c1ccco1)CC2)c1ccc(F)cc1F. The van der Waals surface area contributed by atoms with E-state index >= 15 is 0 Å². The van der Waals surface area contributed by atoms with E-state index in [-0.39, 0.29) is 17.2 Å². The standard InChI is InChI=1S/C20H14F2N2O3/c21-13-4-6-15(16(22)10-13)19(25)23-14-5-3-12-7-8-24(17(12)11-14)20(26)18-2-1-9-27-18/h1-6,9-11H,7-8H2,(H,23,25). The van der Waals surface area contributed by atoms with E-state index in [1.807, 2.05) is 0 Å². The summed E-state index contributed by atoms with van der Waals surface area (Å²) in [5.41, 5.74) is 1.76. The van der Waals surface area contributed by atoms with Gasteiger partial charge in [-0.15, -0.1) is 0 Å². The van der Waals surface area contributed by atoms with Crippen molar-refractivity contribution in [3.05, 3.63) is 83.3 Å². The molecule has 1 aliphatic rings. The maximum Gasteiger partial charge on any atom is 0.293 e. The van der Waals surface area contributed by atoms with Crippen LogP contribution in [0.5, 0.6) is 0 Å². The molecule has 0 atom stereocenters. The monoisotopic (exact) mass is 368 g/mol. The van der Waals surface area contributed by atoms with Crippen LogP contribution in [0.4, 0.5) is 20.2 Å². The Balaban J connectivity index is 1.58.